The van der Waals surface area contributed by atoms with Crippen LogP contribution in [0.25, 0.3) is 0 Å². The molecule has 1 saturated heterocycles. The van der Waals surface area contributed by atoms with Gasteiger partial charge in [0.2, 0.25) is 0 Å². The van der Waals surface area contributed by atoms with Gasteiger partial charge in [-0.25, -0.2) is 8.98 Å². The SMILES string of the molecule is O=C(O)[C@H](O)[C@@H](O)[C@H](O[C@@H]1O[C@H](CO)[C@H](O)[C@H](O)[C@H]1OS(=O)(=O)O)[C@H](O)CO.[Zn]. The quantitative estimate of drug-likeness (QED) is 0.0992. The van der Waals surface area contributed by atoms with Crippen LogP contribution in [0.1, 0.15) is 0 Å². The van der Waals surface area contributed by atoms with Crippen molar-refractivity contribution in [2.75, 3.05) is 13.2 Å². The number of carboxylic acid groups (broad SMARTS) is 1. The molecular weight excluding hydrogens is 482 g/mol. The van der Waals surface area contributed by atoms with Gasteiger partial charge in [-0.1, -0.05) is 0 Å². The van der Waals surface area contributed by atoms with Gasteiger partial charge in [0.15, 0.2) is 18.5 Å². The van der Waals surface area contributed by atoms with Crippen LogP contribution < -0.4 is 0 Å². The molecule has 0 bridgehead atoms. The monoisotopic (exact) mass is 502 g/mol. The summed E-state index contributed by atoms with van der Waals surface area (Å²) in [7, 11) is -5.26. The van der Waals surface area contributed by atoms with E-state index in [-0.39, 0.29) is 19.5 Å². The Morgan fingerprint density at radius 2 is 1.66 bits per heavy atom. The first kappa shape index (κ1) is 28.6. The number of rotatable bonds is 10. The van der Waals surface area contributed by atoms with E-state index in [0.717, 1.165) is 0 Å². The van der Waals surface area contributed by atoms with Crippen LogP contribution in [0, 0.1) is 0 Å². The van der Waals surface area contributed by atoms with Crippen LogP contribution in [-0.4, -0.2) is 128 Å². The summed E-state index contributed by atoms with van der Waals surface area (Å²) in [5.41, 5.74) is 0. The van der Waals surface area contributed by atoms with Gasteiger partial charge in [-0.15, -0.1) is 0 Å². The third-order valence-corrected chi connectivity index (χ3v) is 4.29. The number of carboxylic acids is 1. The molecule has 15 nitrogen and oxygen atoms in total. The summed E-state index contributed by atoms with van der Waals surface area (Å²) in [5.74, 6) is -1.94. The van der Waals surface area contributed by atoms with Crippen LogP contribution in [0.4, 0.5) is 0 Å². The molecule has 0 radical (unpaired) electrons. The molecular formula is C12H22O15SZn. The minimum Gasteiger partial charge on any atom is -0.479 e. The average molecular weight is 504 g/mol. The first-order chi connectivity index (χ1) is 12.8. The van der Waals surface area contributed by atoms with Crippen molar-refractivity contribution in [1.29, 1.82) is 0 Å². The van der Waals surface area contributed by atoms with Crippen LogP contribution >= 0.6 is 0 Å². The summed E-state index contributed by atoms with van der Waals surface area (Å²) < 4.78 is 44.9. The molecule has 0 aliphatic carbocycles. The smallest absolute Gasteiger partial charge is 0.397 e. The fourth-order valence-electron chi connectivity index (χ4n) is 2.39. The van der Waals surface area contributed by atoms with Gasteiger partial charge in [0.1, 0.15) is 36.6 Å². The van der Waals surface area contributed by atoms with Gasteiger partial charge in [0, 0.05) is 19.5 Å². The summed E-state index contributed by atoms with van der Waals surface area (Å²) in [4.78, 5) is 10.8. The predicted molar refractivity (Wildman–Crippen MR) is 81.8 cm³/mol. The van der Waals surface area contributed by atoms with Gasteiger partial charge in [0.05, 0.1) is 13.2 Å². The number of aliphatic hydroxyl groups is 7. The van der Waals surface area contributed by atoms with E-state index in [2.05, 4.69) is 4.18 Å². The molecule has 168 valence electrons. The van der Waals surface area contributed by atoms with Crippen molar-refractivity contribution in [1.82, 2.24) is 0 Å². The zero-order valence-corrected chi connectivity index (χ0v) is 18.5. The van der Waals surface area contributed by atoms with Crippen LogP contribution in [0.2, 0.25) is 0 Å². The Morgan fingerprint density at radius 3 is 2.07 bits per heavy atom. The molecule has 0 aromatic carbocycles. The van der Waals surface area contributed by atoms with Crippen molar-refractivity contribution in [2.24, 2.45) is 0 Å². The average Bonchev–Trinajstić information content (AvgIpc) is 2.62. The molecule has 1 rings (SSSR count). The first-order valence-corrected chi connectivity index (χ1v) is 9.02. The zero-order chi connectivity index (χ0) is 21.8. The minimum absolute atomic E-state index is 0. The van der Waals surface area contributed by atoms with Gasteiger partial charge < -0.3 is 50.3 Å². The van der Waals surface area contributed by atoms with E-state index in [1.54, 1.807) is 0 Å². The van der Waals surface area contributed by atoms with Crippen LogP contribution in [0.5, 0.6) is 0 Å². The molecule has 0 amide bonds. The molecule has 9 atom stereocenters. The number of aliphatic carboxylic acids is 1. The van der Waals surface area contributed by atoms with Gasteiger partial charge in [-0.05, 0) is 0 Å². The van der Waals surface area contributed by atoms with E-state index in [9.17, 15) is 38.7 Å². The molecule has 0 spiro atoms. The van der Waals surface area contributed by atoms with Crippen molar-refractivity contribution in [3.05, 3.63) is 0 Å². The molecule has 0 aromatic rings. The Hall–Kier alpha value is -0.397. The number of hydrogen-bond acceptors (Lipinski definition) is 13. The zero-order valence-electron chi connectivity index (χ0n) is 14.7. The summed E-state index contributed by atoms with van der Waals surface area (Å²) >= 11 is 0. The standard InChI is InChI=1S/C12H22O15S.Zn/c13-1-3(15)9(7(18)8(19)11(20)21)26-12-10(27-28(22,23)24)6(17)5(16)4(2-14)25-12;/h3-10,12-19H,1-2H2,(H,20,21)(H,22,23,24);/t3-,4-,5+,6+,7-,8-,9-,10-,12+;/m1./s1. The number of aliphatic hydroxyl groups excluding tert-OH is 7. The second-order valence-electron chi connectivity index (χ2n) is 5.82. The van der Waals surface area contributed by atoms with E-state index in [1.165, 1.54) is 0 Å². The Balaban J connectivity index is 0.00000784. The Morgan fingerprint density at radius 1 is 1.10 bits per heavy atom. The van der Waals surface area contributed by atoms with Crippen LogP contribution in [0.15, 0.2) is 0 Å². The maximum atomic E-state index is 11.0. The fourth-order valence-corrected chi connectivity index (χ4v) is 2.88. The maximum absolute atomic E-state index is 11.0. The molecule has 0 saturated carbocycles. The molecule has 17 heteroatoms. The number of ether oxygens (including phenoxy) is 2. The van der Waals surface area contributed by atoms with E-state index < -0.39 is 84.7 Å². The second kappa shape index (κ2) is 11.8. The Bertz CT molecular complexity index is 616. The summed E-state index contributed by atoms with van der Waals surface area (Å²) in [6.45, 7) is -2.05. The minimum atomic E-state index is -5.26. The van der Waals surface area contributed by atoms with Crippen molar-refractivity contribution >= 4 is 16.4 Å². The van der Waals surface area contributed by atoms with Crippen LogP contribution in [0.3, 0.4) is 0 Å². The molecule has 29 heavy (non-hydrogen) atoms. The van der Waals surface area contributed by atoms with E-state index in [4.69, 9.17) is 29.3 Å². The molecule has 1 aliphatic rings. The van der Waals surface area contributed by atoms with E-state index in [1.807, 2.05) is 0 Å². The summed E-state index contributed by atoms with van der Waals surface area (Å²) in [6.07, 6.45) is -19.1. The third kappa shape index (κ3) is 7.66. The third-order valence-electron chi connectivity index (χ3n) is 3.83. The largest absolute Gasteiger partial charge is 0.479 e. The molecule has 0 aromatic heterocycles. The van der Waals surface area contributed by atoms with E-state index in [0.29, 0.717) is 0 Å². The van der Waals surface area contributed by atoms with Crippen molar-refractivity contribution < 1.29 is 91.8 Å². The maximum Gasteiger partial charge on any atom is 0.397 e. The predicted octanol–water partition coefficient (Wildman–Crippen LogP) is -5.84. The van der Waals surface area contributed by atoms with Crippen molar-refractivity contribution in [2.45, 2.75) is 55.1 Å². The fraction of sp³-hybridized carbons (Fsp3) is 0.917. The van der Waals surface area contributed by atoms with Gasteiger partial charge in [-0.2, -0.15) is 8.42 Å². The van der Waals surface area contributed by atoms with Gasteiger partial charge >= 0.3 is 16.4 Å². The summed E-state index contributed by atoms with van der Waals surface area (Å²) in [6, 6.07) is 0. The second-order valence-corrected chi connectivity index (χ2v) is 6.87. The number of hydrogen-bond donors (Lipinski definition) is 9. The topological polar surface area (TPSA) is 261 Å². The number of carbonyl (C=O) groups is 1. The van der Waals surface area contributed by atoms with Gasteiger partial charge in [0.25, 0.3) is 0 Å². The molecule has 1 aliphatic heterocycles. The van der Waals surface area contributed by atoms with E-state index >= 15 is 0 Å². The van der Waals surface area contributed by atoms with Gasteiger partial charge in [-0.3, -0.25) is 4.55 Å². The normalized spacial score (nSPS) is 31.9. The first-order valence-electron chi connectivity index (χ1n) is 7.65. The Kier molecular flexibility index (Phi) is 11.7. The summed E-state index contributed by atoms with van der Waals surface area (Å²) in [5, 5.41) is 75.8. The molecule has 1 fully saturated rings. The molecule has 9 N–H and O–H groups in total. The van der Waals surface area contributed by atoms with Crippen LogP contribution in [-0.2, 0) is 48.3 Å². The molecule has 1 heterocycles. The van der Waals surface area contributed by atoms with Crippen molar-refractivity contribution in [3.8, 4) is 0 Å². The molecule has 0 unspecified atom stereocenters. The van der Waals surface area contributed by atoms with Crippen molar-refractivity contribution in [3.63, 3.8) is 0 Å². The Labute approximate surface area is 176 Å².